The van der Waals surface area contributed by atoms with Crippen molar-refractivity contribution < 1.29 is 14.0 Å². The molecule has 0 saturated heterocycles. The van der Waals surface area contributed by atoms with Crippen LogP contribution >= 0.6 is 0 Å². The molecule has 2 amide bonds. The van der Waals surface area contributed by atoms with Crippen LogP contribution in [0.4, 0.5) is 10.1 Å². The molecule has 2 heterocycles. The molecule has 2 aromatic heterocycles. The maximum absolute atomic E-state index is 13.8. The van der Waals surface area contributed by atoms with Crippen LogP contribution in [0.2, 0.25) is 0 Å². The number of hydrogen-bond donors (Lipinski definition) is 1. The quantitative estimate of drug-likeness (QED) is 0.723. The Labute approximate surface area is 156 Å². The van der Waals surface area contributed by atoms with E-state index in [2.05, 4.69) is 10.3 Å². The second-order valence-corrected chi connectivity index (χ2v) is 6.25. The third-order valence-electron chi connectivity index (χ3n) is 4.27. The molecule has 0 fully saturated rings. The molecule has 0 radical (unpaired) electrons. The number of amides is 2. The van der Waals surface area contributed by atoms with E-state index in [1.165, 1.54) is 12.1 Å². The second-order valence-electron chi connectivity index (χ2n) is 6.25. The van der Waals surface area contributed by atoms with Crippen molar-refractivity contribution in [3.05, 3.63) is 66.0 Å². The predicted octanol–water partition coefficient (Wildman–Crippen LogP) is 3.60. The van der Waals surface area contributed by atoms with Gasteiger partial charge in [0.15, 0.2) is 5.69 Å². The SMILES string of the molecule is CCCCN(C)C(=O)c1nc(C(=O)Nc2ccccc2F)c2ccccn12. The number of benzene rings is 1. The zero-order chi connectivity index (χ0) is 19.4. The number of para-hydroxylation sites is 1. The van der Waals surface area contributed by atoms with Crippen molar-refractivity contribution in [3.8, 4) is 0 Å². The first kappa shape index (κ1) is 18.6. The van der Waals surface area contributed by atoms with Gasteiger partial charge in [-0.15, -0.1) is 0 Å². The summed E-state index contributed by atoms with van der Waals surface area (Å²) < 4.78 is 15.4. The topological polar surface area (TPSA) is 66.7 Å². The minimum atomic E-state index is -0.570. The molecule has 0 saturated carbocycles. The number of carbonyl (C=O) groups excluding carboxylic acids is 2. The van der Waals surface area contributed by atoms with Gasteiger partial charge < -0.3 is 10.2 Å². The van der Waals surface area contributed by atoms with Crippen molar-refractivity contribution in [2.24, 2.45) is 0 Å². The van der Waals surface area contributed by atoms with Gasteiger partial charge in [-0.3, -0.25) is 14.0 Å². The number of halogens is 1. The molecule has 0 bridgehead atoms. The highest BCUT2D eigenvalue weighted by molar-refractivity contribution is 6.09. The smallest absolute Gasteiger partial charge is 0.289 e. The first-order valence-corrected chi connectivity index (χ1v) is 8.81. The maximum atomic E-state index is 13.8. The lowest BCUT2D eigenvalue weighted by molar-refractivity contribution is 0.0780. The first-order valence-electron chi connectivity index (χ1n) is 8.81. The van der Waals surface area contributed by atoms with Crippen LogP contribution in [-0.4, -0.2) is 39.7 Å². The molecule has 0 aliphatic rings. The molecular weight excluding hydrogens is 347 g/mol. The van der Waals surface area contributed by atoms with Crippen molar-refractivity contribution >= 4 is 23.0 Å². The van der Waals surface area contributed by atoms with Gasteiger partial charge in [-0.2, -0.15) is 0 Å². The van der Waals surface area contributed by atoms with E-state index in [-0.39, 0.29) is 23.1 Å². The van der Waals surface area contributed by atoms with E-state index < -0.39 is 11.7 Å². The van der Waals surface area contributed by atoms with Crippen LogP contribution in [0.25, 0.3) is 5.52 Å². The summed E-state index contributed by atoms with van der Waals surface area (Å²) in [4.78, 5) is 31.3. The Kier molecular flexibility index (Phi) is 5.49. The lowest BCUT2D eigenvalue weighted by Gasteiger charge is -2.15. The van der Waals surface area contributed by atoms with Crippen LogP contribution in [-0.2, 0) is 0 Å². The van der Waals surface area contributed by atoms with E-state index in [1.807, 2.05) is 6.92 Å². The molecule has 3 aromatic rings. The van der Waals surface area contributed by atoms with E-state index in [4.69, 9.17) is 0 Å². The van der Waals surface area contributed by atoms with Gasteiger partial charge in [0.1, 0.15) is 5.82 Å². The van der Waals surface area contributed by atoms with Gasteiger partial charge in [-0.1, -0.05) is 31.5 Å². The van der Waals surface area contributed by atoms with Gasteiger partial charge in [-0.25, -0.2) is 9.37 Å². The zero-order valence-corrected chi connectivity index (χ0v) is 15.3. The molecule has 0 aliphatic heterocycles. The highest BCUT2D eigenvalue weighted by Crippen LogP contribution is 2.18. The Hall–Kier alpha value is -3.22. The zero-order valence-electron chi connectivity index (χ0n) is 15.3. The lowest BCUT2D eigenvalue weighted by Crippen LogP contribution is -2.29. The summed E-state index contributed by atoms with van der Waals surface area (Å²) in [6.07, 6.45) is 3.53. The lowest BCUT2D eigenvalue weighted by atomic mass is 10.2. The van der Waals surface area contributed by atoms with Crippen LogP contribution in [0.3, 0.4) is 0 Å². The predicted molar refractivity (Wildman–Crippen MR) is 101 cm³/mol. The number of carbonyl (C=O) groups is 2. The second kappa shape index (κ2) is 7.99. The molecule has 0 aliphatic carbocycles. The van der Waals surface area contributed by atoms with Gasteiger partial charge in [-0.05, 0) is 30.7 Å². The molecule has 27 heavy (non-hydrogen) atoms. The number of nitrogens with one attached hydrogen (secondary N) is 1. The highest BCUT2D eigenvalue weighted by atomic mass is 19.1. The number of unbranched alkanes of at least 4 members (excludes halogenated alkanes) is 1. The number of imidazole rings is 1. The fourth-order valence-electron chi connectivity index (χ4n) is 2.77. The Morgan fingerprint density at radius 2 is 1.93 bits per heavy atom. The Morgan fingerprint density at radius 3 is 2.67 bits per heavy atom. The molecule has 0 atom stereocenters. The fourth-order valence-corrected chi connectivity index (χ4v) is 2.77. The molecule has 3 rings (SSSR count). The van der Waals surface area contributed by atoms with Crippen LogP contribution in [0.15, 0.2) is 48.7 Å². The summed E-state index contributed by atoms with van der Waals surface area (Å²) in [7, 11) is 1.71. The molecule has 7 heteroatoms. The Morgan fingerprint density at radius 1 is 1.19 bits per heavy atom. The van der Waals surface area contributed by atoms with E-state index in [0.717, 1.165) is 12.8 Å². The number of rotatable bonds is 6. The average molecular weight is 368 g/mol. The summed E-state index contributed by atoms with van der Waals surface area (Å²) in [5.74, 6) is -1.22. The Balaban J connectivity index is 1.96. The van der Waals surface area contributed by atoms with E-state index in [0.29, 0.717) is 12.1 Å². The number of pyridine rings is 1. The summed E-state index contributed by atoms with van der Waals surface area (Å²) in [6, 6.07) is 11.1. The molecular formula is C20H21FN4O2. The van der Waals surface area contributed by atoms with Gasteiger partial charge in [0.05, 0.1) is 11.2 Å². The summed E-state index contributed by atoms with van der Waals surface area (Å²) in [5, 5.41) is 2.52. The number of fused-ring (bicyclic) bond motifs is 1. The molecule has 0 unspecified atom stereocenters. The molecule has 0 spiro atoms. The van der Waals surface area contributed by atoms with Crippen molar-refractivity contribution in [2.45, 2.75) is 19.8 Å². The van der Waals surface area contributed by atoms with Crippen molar-refractivity contribution in [1.29, 1.82) is 0 Å². The summed E-state index contributed by atoms with van der Waals surface area (Å²) in [6.45, 7) is 2.65. The highest BCUT2D eigenvalue weighted by Gasteiger charge is 2.23. The van der Waals surface area contributed by atoms with Crippen LogP contribution in [0.5, 0.6) is 0 Å². The van der Waals surface area contributed by atoms with Gasteiger partial charge in [0.25, 0.3) is 11.8 Å². The average Bonchev–Trinajstić information content (AvgIpc) is 3.07. The van der Waals surface area contributed by atoms with Crippen LogP contribution in [0.1, 0.15) is 40.9 Å². The number of aromatic nitrogens is 2. The van der Waals surface area contributed by atoms with Gasteiger partial charge in [0, 0.05) is 19.8 Å². The molecule has 140 valence electrons. The number of hydrogen-bond acceptors (Lipinski definition) is 3. The van der Waals surface area contributed by atoms with Crippen LogP contribution in [0, 0.1) is 5.82 Å². The summed E-state index contributed by atoms with van der Waals surface area (Å²) in [5.41, 5.74) is 0.622. The third kappa shape index (κ3) is 3.81. The third-order valence-corrected chi connectivity index (χ3v) is 4.27. The monoisotopic (exact) mass is 368 g/mol. The van der Waals surface area contributed by atoms with E-state index in [9.17, 15) is 14.0 Å². The van der Waals surface area contributed by atoms with Crippen LogP contribution < -0.4 is 5.32 Å². The van der Waals surface area contributed by atoms with Crippen molar-refractivity contribution in [1.82, 2.24) is 14.3 Å². The fraction of sp³-hybridized carbons (Fsp3) is 0.250. The van der Waals surface area contributed by atoms with E-state index >= 15 is 0 Å². The minimum absolute atomic E-state index is 0.0625. The van der Waals surface area contributed by atoms with Gasteiger partial charge >= 0.3 is 0 Å². The standard InChI is InChI=1S/C20H21FN4O2/c1-3-4-12-24(2)20(27)18-23-17(16-11-7-8-13-25(16)18)19(26)22-15-10-6-5-9-14(15)21/h5-11,13H,3-4,12H2,1-2H3,(H,22,26). The maximum Gasteiger partial charge on any atom is 0.289 e. The summed E-state index contributed by atoms with van der Waals surface area (Å²) >= 11 is 0. The van der Waals surface area contributed by atoms with Gasteiger partial charge in [0.2, 0.25) is 5.82 Å². The number of nitrogens with zero attached hydrogens (tertiary/aromatic N) is 3. The van der Waals surface area contributed by atoms with E-state index in [1.54, 1.807) is 52.9 Å². The van der Waals surface area contributed by atoms with Crippen molar-refractivity contribution in [2.75, 3.05) is 18.9 Å². The molecule has 6 nitrogen and oxygen atoms in total. The minimum Gasteiger partial charge on any atom is -0.339 e. The number of anilines is 1. The van der Waals surface area contributed by atoms with Crippen molar-refractivity contribution in [3.63, 3.8) is 0 Å². The largest absolute Gasteiger partial charge is 0.339 e. The molecule has 1 N–H and O–H groups in total. The Bertz CT molecular complexity index is 983. The molecule has 1 aromatic carbocycles. The first-order chi connectivity index (χ1) is 13.0. The normalized spacial score (nSPS) is 10.8.